The summed E-state index contributed by atoms with van der Waals surface area (Å²) in [7, 11) is 0. The summed E-state index contributed by atoms with van der Waals surface area (Å²) in [5.74, 6) is 2.55. The van der Waals surface area contributed by atoms with E-state index in [1.165, 1.54) is 49.3 Å². The second-order valence-electron chi connectivity index (χ2n) is 7.43. The van der Waals surface area contributed by atoms with Crippen LogP contribution in [0.25, 0.3) is 0 Å². The van der Waals surface area contributed by atoms with E-state index in [9.17, 15) is 0 Å². The normalized spacial score (nSPS) is 26.1. The average molecular weight is 344 g/mol. The molecule has 2 aromatic heterocycles. The van der Waals surface area contributed by atoms with Gasteiger partial charge in [0.05, 0.1) is 10.7 Å². The molecular formula is C18H22ClN5. The van der Waals surface area contributed by atoms with Gasteiger partial charge in [0.1, 0.15) is 5.82 Å². The zero-order chi connectivity index (χ0) is 16.1. The van der Waals surface area contributed by atoms with Crippen molar-refractivity contribution in [2.24, 2.45) is 11.8 Å². The molecule has 1 aliphatic carbocycles. The van der Waals surface area contributed by atoms with Crippen LogP contribution in [0.1, 0.15) is 23.4 Å². The average Bonchev–Trinajstić information content (AvgIpc) is 3.30. The first-order valence-electron chi connectivity index (χ1n) is 8.90. The van der Waals surface area contributed by atoms with Crippen LogP contribution in [-0.4, -0.2) is 46.3 Å². The lowest BCUT2D eigenvalue weighted by Gasteiger charge is -2.22. The van der Waals surface area contributed by atoms with Gasteiger partial charge in [0.2, 0.25) is 0 Å². The van der Waals surface area contributed by atoms with Crippen molar-refractivity contribution in [3.8, 4) is 0 Å². The number of aryl methyl sites for hydroxylation is 1. The van der Waals surface area contributed by atoms with Gasteiger partial charge in [0, 0.05) is 44.6 Å². The molecule has 0 aromatic carbocycles. The molecule has 6 heteroatoms. The molecule has 0 spiro atoms. The molecule has 24 heavy (non-hydrogen) atoms. The Balaban J connectivity index is 1.23. The Bertz CT molecular complexity index is 726. The SMILES string of the molecule is Clc1ccc(N2CC3CN(Cc4n[nH]c5c4CCC5)CC3C2)nc1. The fraction of sp³-hybridized carbons (Fsp3) is 0.556. The number of likely N-dealkylation sites (tertiary alicyclic amines) is 1. The summed E-state index contributed by atoms with van der Waals surface area (Å²) in [6, 6.07) is 3.97. The van der Waals surface area contributed by atoms with Crippen molar-refractivity contribution < 1.29 is 0 Å². The molecule has 3 aliphatic rings. The third kappa shape index (κ3) is 2.50. The van der Waals surface area contributed by atoms with Crippen LogP contribution in [0.3, 0.4) is 0 Å². The van der Waals surface area contributed by atoms with Gasteiger partial charge in [-0.2, -0.15) is 5.10 Å². The Morgan fingerprint density at radius 3 is 2.71 bits per heavy atom. The monoisotopic (exact) mass is 343 g/mol. The number of nitrogens with zero attached hydrogens (tertiary/aromatic N) is 4. The number of hydrogen-bond acceptors (Lipinski definition) is 4. The van der Waals surface area contributed by atoms with Crippen LogP contribution < -0.4 is 4.90 Å². The van der Waals surface area contributed by atoms with Crippen LogP contribution >= 0.6 is 11.6 Å². The molecule has 1 N–H and O–H groups in total. The minimum Gasteiger partial charge on any atom is -0.356 e. The van der Waals surface area contributed by atoms with Gasteiger partial charge >= 0.3 is 0 Å². The van der Waals surface area contributed by atoms with Crippen molar-refractivity contribution in [3.63, 3.8) is 0 Å². The summed E-state index contributed by atoms with van der Waals surface area (Å²) < 4.78 is 0. The quantitative estimate of drug-likeness (QED) is 0.930. The third-order valence-electron chi connectivity index (χ3n) is 5.86. The second kappa shape index (κ2) is 5.74. The molecule has 0 bridgehead atoms. The number of pyridine rings is 1. The maximum absolute atomic E-state index is 5.94. The van der Waals surface area contributed by atoms with E-state index >= 15 is 0 Å². The van der Waals surface area contributed by atoms with Crippen LogP contribution in [0.4, 0.5) is 5.82 Å². The summed E-state index contributed by atoms with van der Waals surface area (Å²) in [5.41, 5.74) is 4.17. The standard InChI is InChI=1S/C18H22ClN5/c19-14-4-5-18(20-6-14)24-9-12-7-23(8-13(12)10-24)11-17-15-2-1-3-16(15)21-22-17/h4-6,12-13H,1-3,7-11H2,(H,21,22). The Hall–Kier alpha value is -1.59. The predicted molar refractivity (Wildman–Crippen MR) is 94.3 cm³/mol. The van der Waals surface area contributed by atoms with Gasteiger partial charge in [-0.3, -0.25) is 10.00 Å². The van der Waals surface area contributed by atoms with Crippen molar-refractivity contribution in [3.05, 3.63) is 40.3 Å². The summed E-state index contributed by atoms with van der Waals surface area (Å²) in [6.07, 6.45) is 5.41. The van der Waals surface area contributed by atoms with E-state index in [0.717, 1.165) is 37.3 Å². The molecule has 5 nitrogen and oxygen atoms in total. The fourth-order valence-electron chi connectivity index (χ4n) is 4.69. The lowest BCUT2D eigenvalue weighted by Crippen LogP contribution is -2.29. The molecule has 2 aliphatic heterocycles. The minimum absolute atomic E-state index is 0.704. The fourth-order valence-corrected chi connectivity index (χ4v) is 4.80. The first-order valence-corrected chi connectivity index (χ1v) is 9.28. The van der Waals surface area contributed by atoms with E-state index in [1.54, 1.807) is 6.20 Å². The van der Waals surface area contributed by atoms with Crippen molar-refractivity contribution in [1.29, 1.82) is 0 Å². The molecule has 0 amide bonds. The van der Waals surface area contributed by atoms with Crippen LogP contribution in [0.5, 0.6) is 0 Å². The predicted octanol–water partition coefficient (Wildman–Crippen LogP) is 2.52. The number of aromatic amines is 1. The minimum atomic E-state index is 0.704. The third-order valence-corrected chi connectivity index (χ3v) is 6.09. The highest BCUT2D eigenvalue weighted by atomic mass is 35.5. The van der Waals surface area contributed by atoms with E-state index in [2.05, 4.69) is 25.0 Å². The number of halogens is 1. The first kappa shape index (κ1) is 14.7. The lowest BCUT2D eigenvalue weighted by molar-refractivity contribution is 0.304. The lowest BCUT2D eigenvalue weighted by atomic mass is 10.0. The van der Waals surface area contributed by atoms with E-state index < -0.39 is 0 Å². The topological polar surface area (TPSA) is 48.0 Å². The smallest absolute Gasteiger partial charge is 0.128 e. The number of hydrogen-bond donors (Lipinski definition) is 1. The van der Waals surface area contributed by atoms with Gasteiger partial charge in [-0.1, -0.05) is 11.6 Å². The van der Waals surface area contributed by atoms with Crippen LogP contribution in [-0.2, 0) is 19.4 Å². The largest absolute Gasteiger partial charge is 0.356 e. The zero-order valence-electron chi connectivity index (χ0n) is 13.7. The molecule has 4 heterocycles. The van der Waals surface area contributed by atoms with Gasteiger partial charge < -0.3 is 4.90 Å². The van der Waals surface area contributed by atoms with E-state index in [-0.39, 0.29) is 0 Å². The highest BCUT2D eigenvalue weighted by Crippen LogP contribution is 2.34. The number of H-pyrrole nitrogens is 1. The summed E-state index contributed by atoms with van der Waals surface area (Å²) in [4.78, 5) is 9.48. The number of aromatic nitrogens is 3. The molecular weight excluding hydrogens is 322 g/mol. The van der Waals surface area contributed by atoms with Crippen LogP contribution in [0.2, 0.25) is 5.02 Å². The summed E-state index contributed by atoms with van der Waals surface area (Å²) >= 11 is 5.94. The van der Waals surface area contributed by atoms with Crippen molar-refractivity contribution >= 4 is 17.4 Å². The Kier molecular flexibility index (Phi) is 3.52. The van der Waals surface area contributed by atoms with Gasteiger partial charge in [0.15, 0.2) is 0 Å². The highest BCUT2D eigenvalue weighted by Gasteiger charge is 2.40. The second-order valence-corrected chi connectivity index (χ2v) is 7.87. The molecule has 2 atom stereocenters. The number of fused-ring (bicyclic) bond motifs is 2. The van der Waals surface area contributed by atoms with E-state index in [0.29, 0.717) is 5.02 Å². The van der Waals surface area contributed by atoms with Gasteiger partial charge in [-0.15, -0.1) is 0 Å². The number of rotatable bonds is 3. The maximum atomic E-state index is 5.94. The summed E-state index contributed by atoms with van der Waals surface area (Å²) in [6.45, 7) is 5.58. The highest BCUT2D eigenvalue weighted by molar-refractivity contribution is 6.30. The van der Waals surface area contributed by atoms with Crippen LogP contribution in [0, 0.1) is 11.8 Å². The number of anilines is 1. The number of nitrogens with one attached hydrogen (secondary N) is 1. The van der Waals surface area contributed by atoms with Gasteiger partial charge in [-0.05, 0) is 48.8 Å². The molecule has 5 rings (SSSR count). The maximum Gasteiger partial charge on any atom is 0.128 e. The van der Waals surface area contributed by atoms with E-state index in [4.69, 9.17) is 11.6 Å². The Labute approximate surface area is 147 Å². The van der Waals surface area contributed by atoms with Crippen molar-refractivity contribution in [2.75, 3.05) is 31.1 Å². The van der Waals surface area contributed by atoms with Gasteiger partial charge in [-0.25, -0.2) is 4.98 Å². The van der Waals surface area contributed by atoms with Crippen molar-refractivity contribution in [2.45, 2.75) is 25.8 Å². The molecule has 0 saturated carbocycles. The molecule has 2 aromatic rings. The molecule has 2 unspecified atom stereocenters. The molecule has 126 valence electrons. The first-order chi connectivity index (χ1) is 11.8. The van der Waals surface area contributed by atoms with E-state index in [1.807, 2.05) is 12.1 Å². The Morgan fingerprint density at radius 2 is 1.96 bits per heavy atom. The van der Waals surface area contributed by atoms with Crippen LogP contribution in [0.15, 0.2) is 18.3 Å². The molecule has 0 radical (unpaired) electrons. The Morgan fingerprint density at radius 1 is 1.12 bits per heavy atom. The zero-order valence-corrected chi connectivity index (χ0v) is 14.5. The molecule has 2 saturated heterocycles. The molecule has 2 fully saturated rings. The van der Waals surface area contributed by atoms with Gasteiger partial charge in [0.25, 0.3) is 0 Å². The van der Waals surface area contributed by atoms with Crippen molar-refractivity contribution in [1.82, 2.24) is 20.1 Å². The summed E-state index contributed by atoms with van der Waals surface area (Å²) in [5, 5.41) is 8.51.